The van der Waals surface area contributed by atoms with Gasteiger partial charge in [-0.3, -0.25) is 16.3 Å². The standard InChI is InChI=1S/C11H19N3O2/c1-3-15-8-11(14-12)9-5-10(16-4-2)7-13-6-9/h5-7,11,14H,3-4,8,12H2,1-2H3. The first-order valence-electron chi connectivity index (χ1n) is 5.43. The zero-order chi connectivity index (χ0) is 11.8. The van der Waals surface area contributed by atoms with Crippen molar-refractivity contribution >= 4 is 0 Å². The summed E-state index contributed by atoms with van der Waals surface area (Å²) >= 11 is 0. The molecule has 0 fully saturated rings. The van der Waals surface area contributed by atoms with E-state index in [2.05, 4.69) is 10.4 Å². The summed E-state index contributed by atoms with van der Waals surface area (Å²) in [6.07, 6.45) is 3.44. The predicted molar refractivity (Wildman–Crippen MR) is 62.0 cm³/mol. The monoisotopic (exact) mass is 225 g/mol. The van der Waals surface area contributed by atoms with Crippen molar-refractivity contribution in [1.82, 2.24) is 10.4 Å². The van der Waals surface area contributed by atoms with E-state index in [1.165, 1.54) is 0 Å². The van der Waals surface area contributed by atoms with E-state index in [-0.39, 0.29) is 6.04 Å². The van der Waals surface area contributed by atoms with Gasteiger partial charge in [-0.05, 0) is 25.5 Å². The first-order chi connectivity index (χ1) is 7.81. The lowest BCUT2D eigenvalue weighted by atomic mass is 10.1. The van der Waals surface area contributed by atoms with E-state index in [0.29, 0.717) is 19.8 Å². The molecule has 5 heteroatoms. The van der Waals surface area contributed by atoms with Crippen LogP contribution in [-0.4, -0.2) is 24.8 Å². The molecule has 0 spiro atoms. The van der Waals surface area contributed by atoms with Crippen LogP contribution in [-0.2, 0) is 4.74 Å². The largest absolute Gasteiger partial charge is 0.492 e. The number of hydrazine groups is 1. The van der Waals surface area contributed by atoms with E-state index in [4.69, 9.17) is 15.3 Å². The molecule has 1 atom stereocenters. The second-order valence-corrected chi connectivity index (χ2v) is 3.27. The molecule has 1 aromatic rings. The van der Waals surface area contributed by atoms with E-state index >= 15 is 0 Å². The lowest BCUT2D eigenvalue weighted by molar-refractivity contribution is 0.123. The van der Waals surface area contributed by atoms with Crippen LogP contribution in [0, 0.1) is 0 Å². The zero-order valence-corrected chi connectivity index (χ0v) is 9.77. The van der Waals surface area contributed by atoms with Gasteiger partial charge in [0.05, 0.1) is 25.5 Å². The quantitative estimate of drug-likeness (QED) is 0.535. The van der Waals surface area contributed by atoms with Crippen LogP contribution in [0.5, 0.6) is 5.75 Å². The van der Waals surface area contributed by atoms with Gasteiger partial charge in [0.1, 0.15) is 5.75 Å². The highest BCUT2D eigenvalue weighted by atomic mass is 16.5. The van der Waals surface area contributed by atoms with Crippen molar-refractivity contribution in [3.05, 3.63) is 24.0 Å². The second kappa shape index (κ2) is 7.16. The Morgan fingerprint density at radius 1 is 1.38 bits per heavy atom. The third-order valence-electron chi connectivity index (χ3n) is 2.14. The molecule has 1 rings (SSSR count). The first kappa shape index (κ1) is 12.9. The number of hydrogen-bond acceptors (Lipinski definition) is 5. The molecule has 0 bridgehead atoms. The van der Waals surface area contributed by atoms with Gasteiger partial charge in [-0.2, -0.15) is 0 Å². The molecule has 1 aromatic heterocycles. The topological polar surface area (TPSA) is 69.4 Å². The molecule has 0 aliphatic rings. The summed E-state index contributed by atoms with van der Waals surface area (Å²) in [5.41, 5.74) is 3.66. The summed E-state index contributed by atoms with van der Waals surface area (Å²) in [7, 11) is 0. The minimum absolute atomic E-state index is 0.0622. The van der Waals surface area contributed by atoms with Crippen LogP contribution in [0.1, 0.15) is 25.5 Å². The minimum Gasteiger partial charge on any atom is -0.492 e. The molecule has 0 saturated heterocycles. The van der Waals surface area contributed by atoms with Gasteiger partial charge in [-0.15, -0.1) is 0 Å². The number of rotatable bonds is 7. The number of nitrogens with one attached hydrogen (secondary N) is 1. The molecule has 0 radical (unpaired) electrons. The summed E-state index contributed by atoms with van der Waals surface area (Å²) in [6.45, 7) is 5.69. The van der Waals surface area contributed by atoms with Gasteiger partial charge in [-0.1, -0.05) is 0 Å². The molecule has 0 aromatic carbocycles. The molecular weight excluding hydrogens is 206 g/mol. The molecule has 5 nitrogen and oxygen atoms in total. The van der Waals surface area contributed by atoms with Crippen molar-refractivity contribution in [2.75, 3.05) is 19.8 Å². The Balaban J connectivity index is 2.71. The summed E-state index contributed by atoms with van der Waals surface area (Å²) in [6, 6.07) is 1.85. The molecule has 3 N–H and O–H groups in total. The van der Waals surface area contributed by atoms with Crippen LogP contribution in [0.4, 0.5) is 0 Å². The van der Waals surface area contributed by atoms with E-state index in [1.807, 2.05) is 19.9 Å². The van der Waals surface area contributed by atoms with Crippen LogP contribution in [0.2, 0.25) is 0 Å². The molecule has 90 valence electrons. The smallest absolute Gasteiger partial charge is 0.137 e. The number of hydrogen-bond donors (Lipinski definition) is 2. The highest BCUT2D eigenvalue weighted by molar-refractivity contribution is 5.26. The Bertz CT molecular complexity index is 307. The van der Waals surface area contributed by atoms with Crippen LogP contribution >= 0.6 is 0 Å². The summed E-state index contributed by atoms with van der Waals surface area (Å²) in [5.74, 6) is 6.22. The molecule has 16 heavy (non-hydrogen) atoms. The Labute approximate surface area is 95.9 Å². The van der Waals surface area contributed by atoms with E-state index in [1.54, 1.807) is 12.4 Å². The highest BCUT2D eigenvalue weighted by Crippen LogP contribution is 2.17. The van der Waals surface area contributed by atoms with Crippen molar-refractivity contribution in [2.45, 2.75) is 19.9 Å². The van der Waals surface area contributed by atoms with Gasteiger partial charge in [0.15, 0.2) is 0 Å². The van der Waals surface area contributed by atoms with Crippen molar-refractivity contribution < 1.29 is 9.47 Å². The molecule has 0 aliphatic heterocycles. The predicted octanol–water partition coefficient (Wildman–Crippen LogP) is 1.02. The van der Waals surface area contributed by atoms with E-state index in [0.717, 1.165) is 11.3 Å². The summed E-state index contributed by atoms with van der Waals surface area (Å²) < 4.78 is 10.7. The Morgan fingerprint density at radius 3 is 2.81 bits per heavy atom. The maximum atomic E-state index is 5.47. The van der Waals surface area contributed by atoms with Gasteiger partial charge < -0.3 is 9.47 Å². The van der Waals surface area contributed by atoms with Crippen LogP contribution in [0.15, 0.2) is 18.5 Å². The van der Waals surface area contributed by atoms with Gasteiger partial charge in [0.2, 0.25) is 0 Å². The fourth-order valence-electron chi connectivity index (χ4n) is 1.35. The fourth-order valence-corrected chi connectivity index (χ4v) is 1.35. The van der Waals surface area contributed by atoms with Gasteiger partial charge in [-0.25, -0.2) is 0 Å². The van der Waals surface area contributed by atoms with Gasteiger partial charge in [0.25, 0.3) is 0 Å². The van der Waals surface area contributed by atoms with Gasteiger partial charge in [0, 0.05) is 12.8 Å². The fraction of sp³-hybridized carbons (Fsp3) is 0.545. The van der Waals surface area contributed by atoms with E-state index in [9.17, 15) is 0 Å². The van der Waals surface area contributed by atoms with Crippen LogP contribution in [0.3, 0.4) is 0 Å². The number of nitrogens with zero attached hydrogens (tertiary/aromatic N) is 1. The van der Waals surface area contributed by atoms with Gasteiger partial charge >= 0.3 is 0 Å². The van der Waals surface area contributed by atoms with Crippen molar-refractivity contribution in [1.29, 1.82) is 0 Å². The first-order valence-corrected chi connectivity index (χ1v) is 5.43. The van der Waals surface area contributed by atoms with Crippen molar-refractivity contribution in [2.24, 2.45) is 5.84 Å². The number of nitrogens with two attached hydrogens (primary N) is 1. The zero-order valence-electron chi connectivity index (χ0n) is 9.77. The highest BCUT2D eigenvalue weighted by Gasteiger charge is 2.10. The molecule has 1 heterocycles. The Kier molecular flexibility index (Phi) is 5.77. The second-order valence-electron chi connectivity index (χ2n) is 3.27. The minimum atomic E-state index is -0.0622. The molecule has 1 unspecified atom stereocenters. The summed E-state index contributed by atoms with van der Waals surface area (Å²) in [5, 5.41) is 0. The Morgan fingerprint density at radius 2 is 2.19 bits per heavy atom. The average Bonchev–Trinajstić information content (AvgIpc) is 2.31. The molecular formula is C11H19N3O2. The van der Waals surface area contributed by atoms with Crippen LogP contribution in [0.25, 0.3) is 0 Å². The molecule has 0 aliphatic carbocycles. The molecule has 0 saturated carbocycles. The molecule has 0 amide bonds. The average molecular weight is 225 g/mol. The van der Waals surface area contributed by atoms with E-state index < -0.39 is 0 Å². The third-order valence-corrected chi connectivity index (χ3v) is 2.14. The Hall–Kier alpha value is -1.17. The third kappa shape index (κ3) is 3.77. The number of aromatic nitrogens is 1. The maximum Gasteiger partial charge on any atom is 0.137 e. The number of pyridine rings is 1. The number of ether oxygens (including phenoxy) is 2. The lowest BCUT2D eigenvalue weighted by Crippen LogP contribution is -2.31. The van der Waals surface area contributed by atoms with Crippen LogP contribution < -0.4 is 16.0 Å². The maximum absolute atomic E-state index is 5.47. The normalized spacial score (nSPS) is 12.4. The van der Waals surface area contributed by atoms with Crippen molar-refractivity contribution in [3.8, 4) is 5.75 Å². The lowest BCUT2D eigenvalue weighted by Gasteiger charge is -2.16. The summed E-state index contributed by atoms with van der Waals surface area (Å²) in [4.78, 5) is 4.10. The SMILES string of the molecule is CCOCC(NN)c1cncc(OCC)c1. The van der Waals surface area contributed by atoms with Crippen molar-refractivity contribution in [3.63, 3.8) is 0 Å².